The minimum absolute atomic E-state index is 0.249. The van der Waals surface area contributed by atoms with Gasteiger partial charge in [0.25, 0.3) is 0 Å². The Bertz CT molecular complexity index is 322. The van der Waals surface area contributed by atoms with E-state index in [1.54, 1.807) is 12.3 Å². The maximum Gasteiger partial charge on any atom is 0.151 e. The Hall–Kier alpha value is -1.42. The van der Waals surface area contributed by atoms with E-state index >= 15 is 0 Å². The molecule has 16 heavy (non-hydrogen) atoms. The summed E-state index contributed by atoms with van der Waals surface area (Å²) in [5.41, 5.74) is 0.593. The lowest BCUT2D eigenvalue weighted by atomic mass is 10.3. The number of aromatic nitrogens is 1. The van der Waals surface area contributed by atoms with Crippen molar-refractivity contribution in [3.8, 4) is 0 Å². The van der Waals surface area contributed by atoms with Crippen molar-refractivity contribution in [3.05, 3.63) is 23.9 Å². The van der Waals surface area contributed by atoms with Gasteiger partial charge in [0, 0.05) is 25.4 Å². The topological polar surface area (TPSA) is 42.4 Å². The summed E-state index contributed by atoms with van der Waals surface area (Å²) < 4.78 is 5.45. The van der Waals surface area contributed by atoms with Gasteiger partial charge in [-0.2, -0.15) is 0 Å². The first-order chi connectivity index (χ1) is 7.63. The molecule has 4 nitrogen and oxygen atoms in total. The van der Waals surface area contributed by atoms with Gasteiger partial charge >= 0.3 is 0 Å². The molecule has 1 heterocycles. The van der Waals surface area contributed by atoms with Gasteiger partial charge < -0.3 is 9.64 Å². The van der Waals surface area contributed by atoms with Gasteiger partial charge in [0.1, 0.15) is 5.82 Å². The summed E-state index contributed by atoms with van der Waals surface area (Å²) in [6.45, 7) is 5.48. The summed E-state index contributed by atoms with van der Waals surface area (Å²) in [4.78, 5) is 16.6. The van der Waals surface area contributed by atoms with E-state index < -0.39 is 0 Å². The smallest absolute Gasteiger partial charge is 0.151 e. The van der Waals surface area contributed by atoms with Gasteiger partial charge in [-0.05, 0) is 26.0 Å². The number of nitrogens with zero attached hydrogens (tertiary/aromatic N) is 2. The summed E-state index contributed by atoms with van der Waals surface area (Å²) in [6.07, 6.45) is 2.61. The number of pyridine rings is 1. The fraction of sp³-hybridized carbons (Fsp3) is 0.500. The van der Waals surface area contributed by atoms with E-state index in [2.05, 4.69) is 4.98 Å². The minimum atomic E-state index is 0.249. The minimum Gasteiger partial charge on any atom is -0.377 e. The van der Waals surface area contributed by atoms with E-state index in [0.717, 1.165) is 18.6 Å². The molecule has 1 rings (SSSR count). The number of anilines is 1. The zero-order valence-corrected chi connectivity index (χ0v) is 10.0. The number of hydrogen-bond acceptors (Lipinski definition) is 4. The van der Waals surface area contributed by atoms with Gasteiger partial charge in [-0.25, -0.2) is 4.98 Å². The molecule has 0 N–H and O–H groups in total. The molecule has 0 aliphatic carbocycles. The van der Waals surface area contributed by atoms with Crippen LogP contribution in [0.15, 0.2) is 18.3 Å². The lowest BCUT2D eigenvalue weighted by molar-refractivity contribution is 0.0845. The van der Waals surface area contributed by atoms with Crippen LogP contribution in [0.25, 0.3) is 0 Å². The van der Waals surface area contributed by atoms with Crippen LogP contribution in [0, 0.1) is 0 Å². The fourth-order valence-corrected chi connectivity index (χ4v) is 1.23. The molecule has 0 radical (unpaired) electrons. The van der Waals surface area contributed by atoms with Crippen molar-refractivity contribution >= 4 is 12.1 Å². The zero-order chi connectivity index (χ0) is 12.0. The van der Waals surface area contributed by atoms with Crippen LogP contribution >= 0.6 is 0 Å². The SMILES string of the molecule is CC(C)OCCN(C)c1ccc(C=O)cn1. The van der Waals surface area contributed by atoms with Crippen LogP contribution in [-0.4, -0.2) is 37.6 Å². The van der Waals surface area contributed by atoms with Crippen molar-refractivity contribution in [2.24, 2.45) is 0 Å². The highest BCUT2D eigenvalue weighted by Gasteiger charge is 2.02. The molecular weight excluding hydrogens is 204 g/mol. The molecule has 0 aliphatic rings. The Kier molecular flexibility index (Phi) is 4.92. The Balaban J connectivity index is 2.46. The van der Waals surface area contributed by atoms with Crippen molar-refractivity contribution in [3.63, 3.8) is 0 Å². The third kappa shape index (κ3) is 3.98. The molecule has 4 heteroatoms. The van der Waals surface area contributed by atoms with E-state index in [4.69, 9.17) is 4.74 Å². The van der Waals surface area contributed by atoms with Gasteiger partial charge in [-0.15, -0.1) is 0 Å². The first-order valence-corrected chi connectivity index (χ1v) is 5.37. The number of carbonyl (C=O) groups excluding carboxylic acids is 1. The predicted molar refractivity (Wildman–Crippen MR) is 64.0 cm³/mol. The second kappa shape index (κ2) is 6.23. The van der Waals surface area contributed by atoms with Crippen LogP contribution in [0.5, 0.6) is 0 Å². The highest BCUT2D eigenvalue weighted by Crippen LogP contribution is 2.08. The van der Waals surface area contributed by atoms with Crippen LogP contribution in [0.3, 0.4) is 0 Å². The van der Waals surface area contributed by atoms with Gasteiger partial charge in [0.15, 0.2) is 6.29 Å². The second-order valence-electron chi connectivity index (χ2n) is 3.91. The number of carbonyl (C=O) groups is 1. The molecule has 0 bridgehead atoms. The molecule has 0 atom stereocenters. The Morgan fingerprint density at radius 2 is 2.25 bits per heavy atom. The van der Waals surface area contributed by atoms with Crippen LogP contribution < -0.4 is 4.90 Å². The maximum absolute atomic E-state index is 10.5. The number of aldehydes is 1. The summed E-state index contributed by atoms with van der Waals surface area (Å²) in [6, 6.07) is 3.59. The lowest BCUT2D eigenvalue weighted by Gasteiger charge is -2.18. The molecule has 0 unspecified atom stereocenters. The largest absolute Gasteiger partial charge is 0.377 e. The average molecular weight is 222 g/mol. The summed E-state index contributed by atoms with van der Waals surface area (Å²) >= 11 is 0. The molecule has 1 aromatic heterocycles. The normalized spacial score (nSPS) is 10.5. The second-order valence-corrected chi connectivity index (χ2v) is 3.91. The van der Waals surface area contributed by atoms with Crippen molar-refractivity contribution in [2.75, 3.05) is 25.1 Å². The Labute approximate surface area is 96.2 Å². The van der Waals surface area contributed by atoms with Crippen molar-refractivity contribution in [1.82, 2.24) is 4.98 Å². The van der Waals surface area contributed by atoms with E-state index in [1.807, 2.05) is 31.9 Å². The lowest BCUT2D eigenvalue weighted by Crippen LogP contribution is -2.24. The average Bonchev–Trinajstić information content (AvgIpc) is 2.28. The number of ether oxygens (including phenoxy) is 1. The molecule has 0 aromatic carbocycles. The van der Waals surface area contributed by atoms with Gasteiger partial charge in [-0.3, -0.25) is 4.79 Å². The van der Waals surface area contributed by atoms with E-state index in [-0.39, 0.29) is 6.10 Å². The van der Waals surface area contributed by atoms with Gasteiger partial charge in [0.2, 0.25) is 0 Å². The summed E-state index contributed by atoms with van der Waals surface area (Å²) in [5, 5.41) is 0. The van der Waals surface area contributed by atoms with Crippen LogP contribution in [0.1, 0.15) is 24.2 Å². The number of likely N-dealkylation sites (N-methyl/N-ethyl adjacent to an activating group) is 1. The number of rotatable bonds is 6. The van der Waals surface area contributed by atoms with Gasteiger partial charge in [-0.1, -0.05) is 0 Å². The molecule has 1 aromatic rings. The molecule has 0 spiro atoms. The first-order valence-electron chi connectivity index (χ1n) is 5.37. The predicted octanol–water partition coefficient (Wildman–Crippen LogP) is 1.76. The monoisotopic (exact) mass is 222 g/mol. The van der Waals surface area contributed by atoms with Crippen LogP contribution in [0.4, 0.5) is 5.82 Å². The molecule has 0 aliphatic heterocycles. The molecule has 0 amide bonds. The molecule has 0 fully saturated rings. The van der Waals surface area contributed by atoms with Crippen LogP contribution in [0.2, 0.25) is 0 Å². The molecular formula is C12H18N2O2. The molecule has 0 saturated heterocycles. The Morgan fingerprint density at radius 3 is 2.75 bits per heavy atom. The van der Waals surface area contributed by atoms with E-state index in [9.17, 15) is 4.79 Å². The third-order valence-corrected chi connectivity index (χ3v) is 2.18. The van der Waals surface area contributed by atoms with E-state index in [1.165, 1.54) is 0 Å². The summed E-state index contributed by atoms with van der Waals surface area (Å²) in [7, 11) is 1.95. The maximum atomic E-state index is 10.5. The standard InChI is InChI=1S/C12H18N2O2/c1-10(2)16-7-6-14(3)12-5-4-11(9-15)8-13-12/h4-5,8-10H,6-7H2,1-3H3. The van der Waals surface area contributed by atoms with Crippen LogP contribution in [-0.2, 0) is 4.74 Å². The van der Waals surface area contributed by atoms with E-state index in [0.29, 0.717) is 12.2 Å². The molecule has 88 valence electrons. The highest BCUT2D eigenvalue weighted by atomic mass is 16.5. The highest BCUT2D eigenvalue weighted by molar-refractivity contribution is 5.74. The number of hydrogen-bond donors (Lipinski definition) is 0. The zero-order valence-electron chi connectivity index (χ0n) is 10.0. The Morgan fingerprint density at radius 1 is 1.50 bits per heavy atom. The fourth-order valence-electron chi connectivity index (χ4n) is 1.23. The van der Waals surface area contributed by atoms with Crippen molar-refractivity contribution in [2.45, 2.75) is 20.0 Å². The molecule has 0 saturated carbocycles. The quantitative estimate of drug-likeness (QED) is 0.688. The third-order valence-electron chi connectivity index (χ3n) is 2.18. The van der Waals surface area contributed by atoms with Crippen molar-refractivity contribution in [1.29, 1.82) is 0 Å². The van der Waals surface area contributed by atoms with Gasteiger partial charge in [0.05, 0.1) is 12.7 Å². The van der Waals surface area contributed by atoms with Crippen molar-refractivity contribution < 1.29 is 9.53 Å². The summed E-state index contributed by atoms with van der Waals surface area (Å²) in [5.74, 6) is 0.845. The first kappa shape index (κ1) is 12.6.